The maximum Gasteiger partial charge on any atom is 0.260 e. The van der Waals surface area contributed by atoms with E-state index in [1.807, 2.05) is 0 Å². The zero-order valence-electron chi connectivity index (χ0n) is 19.2. The molecule has 0 fully saturated rings. The largest absolute Gasteiger partial charge is 0.260 e. The molecular weight excluding hydrogens is 352 g/mol. The van der Waals surface area contributed by atoms with Crippen molar-refractivity contribution in [2.75, 3.05) is 0 Å². The third-order valence-corrected chi connectivity index (χ3v) is 6.14. The lowest BCUT2D eigenvalue weighted by Gasteiger charge is -2.05. The van der Waals surface area contributed by atoms with E-state index in [0.717, 1.165) is 19.5 Å². The maximum absolute atomic E-state index is 2.48. The molecule has 0 aliphatic rings. The summed E-state index contributed by atoms with van der Waals surface area (Å²) in [5.74, 6) is 1.44. The summed E-state index contributed by atoms with van der Waals surface area (Å²) in [6, 6.07) is 10.9. The van der Waals surface area contributed by atoms with E-state index >= 15 is 0 Å². The SMILES string of the molecule is CCCCCCCCCCCCCCC[n+]1ccn(CC)c1Cc1ccccc1. The summed E-state index contributed by atoms with van der Waals surface area (Å²) < 4.78 is 4.88. The van der Waals surface area contributed by atoms with E-state index in [-0.39, 0.29) is 0 Å². The van der Waals surface area contributed by atoms with Crippen LogP contribution in [-0.4, -0.2) is 4.57 Å². The summed E-state index contributed by atoms with van der Waals surface area (Å²) in [5, 5.41) is 0. The molecule has 0 aliphatic carbocycles. The Morgan fingerprint density at radius 3 is 1.79 bits per heavy atom. The van der Waals surface area contributed by atoms with Gasteiger partial charge in [-0.25, -0.2) is 9.13 Å². The van der Waals surface area contributed by atoms with Gasteiger partial charge in [0.05, 0.1) is 19.5 Å². The normalized spacial score (nSPS) is 11.2. The molecule has 2 nitrogen and oxygen atoms in total. The predicted molar refractivity (Wildman–Crippen MR) is 125 cm³/mol. The van der Waals surface area contributed by atoms with E-state index in [2.05, 4.69) is 65.7 Å². The molecule has 0 saturated carbocycles. The van der Waals surface area contributed by atoms with Gasteiger partial charge < -0.3 is 0 Å². The smallest absolute Gasteiger partial charge is 0.234 e. The first-order valence-corrected chi connectivity index (χ1v) is 12.5. The van der Waals surface area contributed by atoms with E-state index in [0.29, 0.717) is 0 Å². The zero-order chi connectivity index (χ0) is 20.6. The molecule has 0 atom stereocenters. The Morgan fingerprint density at radius 2 is 1.24 bits per heavy atom. The molecule has 2 rings (SSSR count). The van der Waals surface area contributed by atoms with Gasteiger partial charge in [-0.1, -0.05) is 108 Å². The van der Waals surface area contributed by atoms with E-state index in [1.54, 1.807) is 0 Å². The average molecular weight is 398 g/mol. The van der Waals surface area contributed by atoms with Gasteiger partial charge in [0.15, 0.2) is 0 Å². The molecule has 0 N–H and O–H groups in total. The van der Waals surface area contributed by atoms with Crippen LogP contribution in [0.1, 0.15) is 109 Å². The van der Waals surface area contributed by atoms with Gasteiger partial charge in [-0.05, 0) is 25.3 Å². The number of hydrogen-bond acceptors (Lipinski definition) is 0. The van der Waals surface area contributed by atoms with Crippen molar-refractivity contribution in [2.24, 2.45) is 0 Å². The van der Waals surface area contributed by atoms with Gasteiger partial charge >= 0.3 is 0 Å². The summed E-state index contributed by atoms with van der Waals surface area (Å²) in [7, 11) is 0. The highest BCUT2D eigenvalue weighted by Crippen LogP contribution is 2.13. The molecule has 0 radical (unpaired) electrons. The highest BCUT2D eigenvalue weighted by Gasteiger charge is 2.16. The fourth-order valence-corrected chi connectivity index (χ4v) is 4.27. The highest BCUT2D eigenvalue weighted by atomic mass is 15.1. The van der Waals surface area contributed by atoms with Crippen LogP contribution in [0.5, 0.6) is 0 Å². The predicted octanol–water partition coefficient (Wildman–Crippen LogP) is 7.48. The molecule has 1 aromatic heterocycles. The van der Waals surface area contributed by atoms with Crippen LogP contribution in [0.15, 0.2) is 42.7 Å². The summed E-state index contributed by atoms with van der Waals surface area (Å²) in [6.45, 7) is 6.74. The fraction of sp³-hybridized carbons (Fsp3) is 0.667. The standard InChI is InChI=1S/C27H45N2/c1-3-5-6-7-8-9-10-11-12-13-14-15-19-22-29-24-23-28(4-2)27(29)25-26-20-17-16-18-21-26/h16-18,20-21,23-24H,3-15,19,22,25H2,1-2H3/q+1. The lowest BCUT2D eigenvalue weighted by atomic mass is 10.0. The first-order chi connectivity index (χ1) is 14.3. The second kappa shape index (κ2) is 15.3. The van der Waals surface area contributed by atoms with Crippen LogP contribution in [0.3, 0.4) is 0 Å². The van der Waals surface area contributed by atoms with Crippen molar-refractivity contribution in [3.63, 3.8) is 0 Å². The Morgan fingerprint density at radius 1 is 0.690 bits per heavy atom. The van der Waals surface area contributed by atoms with Crippen molar-refractivity contribution >= 4 is 0 Å². The van der Waals surface area contributed by atoms with Gasteiger partial charge in [0, 0.05) is 0 Å². The first-order valence-electron chi connectivity index (χ1n) is 12.5. The Bertz CT molecular complexity index is 629. The molecule has 0 saturated heterocycles. The first kappa shape index (κ1) is 23.7. The Balaban J connectivity index is 1.56. The minimum Gasteiger partial charge on any atom is -0.234 e. The molecule has 0 aliphatic heterocycles. The molecule has 2 heteroatoms. The molecule has 0 unspecified atom stereocenters. The van der Waals surface area contributed by atoms with Crippen LogP contribution in [0, 0.1) is 0 Å². The van der Waals surface area contributed by atoms with Crippen molar-refractivity contribution in [1.29, 1.82) is 0 Å². The maximum atomic E-state index is 2.48. The van der Waals surface area contributed by atoms with E-state index in [4.69, 9.17) is 0 Å². The second-order valence-corrected chi connectivity index (χ2v) is 8.60. The topological polar surface area (TPSA) is 8.81 Å². The number of imidazole rings is 1. The third kappa shape index (κ3) is 9.65. The van der Waals surface area contributed by atoms with Crippen molar-refractivity contribution < 1.29 is 4.57 Å². The molecule has 1 heterocycles. The lowest BCUT2D eigenvalue weighted by molar-refractivity contribution is -0.703. The number of aromatic nitrogens is 2. The number of unbranched alkanes of at least 4 members (excludes halogenated alkanes) is 12. The minimum absolute atomic E-state index is 1.03. The van der Waals surface area contributed by atoms with Crippen molar-refractivity contribution in [3.05, 3.63) is 54.1 Å². The van der Waals surface area contributed by atoms with Crippen LogP contribution in [0.25, 0.3) is 0 Å². The van der Waals surface area contributed by atoms with Gasteiger partial charge in [-0.2, -0.15) is 0 Å². The minimum atomic E-state index is 1.03. The number of rotatable bonds is 17. The Hall–Kier alpha value is -1.57. The van der Waals surface area contributed by atoms with Crippen molar-refractivity contribution in [3.8, 4) is 0 Å². The van der Waals surface area contributed by atoms with Gasteiger partial charge in [0.25, 0.3) is 5.82 Å². The van der Waals surface area contributed by atoms with E-state index < -0.39 is 0 Å². The average Bonchev–Trinajstić information content (AvgIpc) is 3.13. The van der Waals surface area contributed by atoms with Gasteiger partial charge in [0.1, 0.15) is 12.4 Å². The van der Waals surface area contributed by atoms with Crippen molar-refractivity contribution in [1.82, 2.24) is 4.57 Å². The molecule has 0 amide bonds. The third-order valence-electron chi connectivity index (χ3n) is 6.14. The number of benzene rings is 1. The number of aryl methyl sites for hydroxylation is 2. The van der Waals surface area contributed by atoms with Crippen molar-refractivity contribution in [2.45, 2.75) is 117 Å². The lowest BCUT2D eigenvalue weighted by Crippen LogP contribution is -2.37. The van der Waals surface area contributed by atoms with Crippen LogP contribution < -0.4 is 4.57 Å². The van der Waals surface area contributed by atoms with Gasteiger partial charge in [0.2, 0.25) is 0 Å². The number of hydrogen-bond donors (Lipinski definition) is 0. The molecule has 162 valence electrons. The van der Waals surface area contributed by atoms with E-state index in [1.165, 1.54) is 94.9 Å². The van der Waals surface area contributed by atoms with Crippen LogP contribution >= 0.6 is 0 Å². The number of nitrogens with zero attached hydrogens (tertiary/aromatic N) is 2. The molecule has 0 spiro atoms. The van der Waals surface area contributed by atoms with Gasteiger partial charge in [-0.15, -0.1) is 0 Å². The zero-order valence-corrected chi connectivity index (χ0v) is 19.2. The summed E-state index contributed by atoms with van der Waals surface area (Å²) >= 11 is 0. The molecule has 2 aromatic rings. The molecule has 29 heavy (non-hydrogen) atoms. The monoisotopic (exact) mass is 397 g/mol. The summed E-state index contributed by atoms with van der Waals surface area (Å²) in [6.07, 6.45) is 24.0. The fourth-order valence-electron chi connectivity index (χ4n) is 4.27. The second-order valence-electron chi connectivity index (χ2n) is 8.60. The molecular formula is C27H45N2+. The Kier molecular flexibility index (Phi) is 12.5. The summed E-state index contributed by atoms with van der Waals surface area (Å²) in [5.41, 5.74) is 1.40. The van der Waals surface area contributed by atoms with Crippen LogP contribution in [-0.2, 0) is 19.5 Å². The highest BCUT2D eigenvalue weighted by molar-refractivity contribution is 5.18. The summed E-state index contributed by atoms with van der Waals surface area (Å²) in [4.78, 5) is 0. The van der Waals surface area contributed by atoms with E-state index in [9.17, 15) is 0 Å². The van der Waals surface area contributed by atoms with Gasteiger partial charge in [-0.3, -0.25) is 0 Å². The van der Waals surface area contributed by atoms with Crippen LogP contribution in [0.4, 0.5) is 0 Å². The Labute approximate surface area is 180 Å². The quantitative estimate of drug-likeness (QED) is 0.193. The molecule has 1 aromatic carbocycles. The van der Waals surface area contributed by atoms with Crippen LogP contribution in [0.2, 0.25) is 0 Å². The molecule has 0 bridgehead atoms.